The van der Waals surface area contributed by atoms with Crippen LogP contribution in [0.25, 0.3) is 0 Å². The van der Waals surface area contributed by atoms with Gasteiger partial charge in [0.2, 0.25) is 15.9 Å². The van der Waals surface area contributed by atoms with Crippen LogP contribution in [0.15, 0.2) is 0 Å². The quantitative estimate of drug-likeness (QED) is 0.603. The molecule has 0 radical (unpaired) electrons. The number of nitrogens with zero attached hydrogens (tertiary/aromatic N) is 2. The third-order valence-corrected chi connectivity index (χ3v) is 6.43. The van der Waals surface area contributed by atoms with Crippen molar-refractivity contribution in [2.75, 3.05) is 72.0 Å². The molecule has 0 aromatic rings. The molecule has 0 aromatic heterocycles. The molecule has 0 bridgehead atoms. The van der Waals surface area contributed by atoms with E-state index < -0.39 is 10.0 Å². The zero-order chi connectivity index (χ0) is 17.4. The molecule has 24 heavy (non-hydrogen) atoms. The van der Waals surface area contributed by atoms with Gasteiger partial charge in [-0.1, -0.05) is 0 Å². The number of rotatable bonds is 8. The Kier molecular flexibility index (Phi) is 7.89. The number of ether oxygens (including phenoxy) is 2. The molecule has 0 aromatic carbocycles. The molecule has 140 valence electrons. The van der Waals surface area contributed by atoms with Crippen LogP contribution >= 0.6 is 0 Å². The van der Waals surface area contributed by atoms with Crippen LogP contribution in [-0.4, -0.2) is 95.5 Å². The van der Waals surface area contributed by atoms with Gasteiger partial charge in [-0.25, -0.2) is 12.7 Å². The lowest BCUT2D eigenvalue weighted by molar-refractivity contribution is -0.126. The molecule has 8 nitrogen and oxygen atoms in total. The first-order chi connectivity index (χ1) is 11.5. The van der Waals surface area contributed by atoms with E-state index in [2.05, 4.69) is 10.2 Å². The topological polar surface area (TPSA) is 88.2 Å². The molecular weight excluding hydrogens is 334 g/mol. The maximum Gasteiger partial charge on any atom is 0.223 e. The molecule has 2 fully saturated rings. The van der Waals surface area contributed by atoms with Crippen LogP contribution in [0.2, 0.25) is 0 Å². The monoisotopic (exact) mass is 363 g/mol. The summed E-state index contributed by atoms with van der Waals surface area (Å²) in [5.41, 5.74) is 0. The van der Waals surface area contributed by atoms with Crippen LogP contribution in [0.4, 0.5) is 0 Å². The minimum absolute atomic E-state index is 0.0000872. The van der Waals surface area contributed by atoms with Crippen molar-refractivity contribution in [3.63, 3.8) is 0 Å². The molecule has 1 N–H and O–H groups in total. The molecule has 2 heterocycles. The van der Waals surface area contributed by atoms with Crippen molar-refractivity contribution < 1.29 is 22.7 Å². The second-order valence-corrected chi connectivity index (χ2v) is 8.32. The van der Waals surface area contributed by atoms with Gasteiger partial charge in [0.25, 0.3) is 0 Å². The number of amides is 1. The predicted octanol–water partition coefficient (Wildman–Crippen LogP) is -0.877. The van der Waals surface area contributed by atoms with Gasteiger partial charge in [-0.3, -0.25) is 9.69 Å². The van der Waals surface area contributed by atoms with E-state index in [0.29, 0.717) is 32.5 Å². The predicted molar refractivity (Wildman–Crippen MR) is 90.2 cm³/mol. The molecule has 9 heteroatoms. The third kappa shape index (κ3) is 5.96. The summed E-state index contributed by atoms with van der Waals surface area (Å²) in [6.45, 7) is 5.81. The van der Waals surface area contributed by atoms with E-state index in [1.807, 2.05) is 0 Å². The van der Waals surface area contributed by atoms with Gasteiger partial charge < -0.3 is 14.8 Å². The fourth-order valence-corrected chi connectivity index (χ4v) is 4.42. The molecule has 0 spiro atoms. The van der Waals surface area contributed by atoms with E-state index in [1.165, 1.54) is 11.4 Å². The smallest absolute Gasteiger partial charge is 0.223 e. The van der Waals surface area contributed by atoms with E-state index in [-0.39, 0.29) is 24.2 Å². The molecule has 2 aliphatic rings. The molecule has 2 aliphatic heterocycles. The number of hydrogen-bond acceptors (Lipinski definition) is 6. The van der Waals surface area contributed by atoms with E-state index in [0.717, 1.165) is 32.8 Å². The van der Waals surface area contributed by atoms with Crippen molar-refractivity contribution in [3.05, 3.63) is 0 Å². The fraction of sp³-hybridized carbons (Fsp3) is 0.933. The molecule has 0 aliphatic carbocycles. The Morgan fingerprint density at radius 2 is 1.88 bits per heavy atom. The molecule has 0 unspecified atom stereocenters. The number of hydrogen-bond donors (Lipinski definition) is 1. The first kappa shape index (κ1) is 19.6. The van der Waals surface area contributed by atoms with Crippen molar-refractivity contribution in [2.24, 2.45) is 5.92 Å². The minimum Gasteiger partial charge on any atom is -0.384 e. The SMILES string of the molecule is COCCS(=O)(=O)N1CCC(C(=O)NCCN2CCOCC2)CC1. The number of carbonyl (C=O) groups is 1. The summed E-state index contributed by atoms with van der Waals surface area (Å²) in [4.78, 5) is 14.5. The van der Waals surface area contributed by atoms with Gasteiger partial charge >= 0.3 is 0 Å². The zero-order valence-corrected chi connectivity index (χ0v) is 15.2. The summed E-state index contributed by atoms with van der Waals surface area (Å²) in [6, 6.07) is 0. The van der Waals surface area contributed by atoms with Crippen molar-refractivity contribution in [2.45, 2.75) is 12.8 Å². The largest absolute Gasteiger partial charge is 0.384 e. The molecule has 0 atom stereocenters. The minimum atomic E-state index is -3.27. The molecule has 2 rings (SSSR count). The fourth-order valence-electron chi connectivity index (χ4n) is 3.02. The second-order valence-electron chi connectivity index (χ2n) is 6.23. The standard InChI is InChI=1S/C15H29N3O5S/c1-22-12-13-24(20,21)18-5-2-14(3-6-18)15(19)16-4-7-17-8-10-23-11-9-17/h14H,2-13H2,1H3,(H,16,19). The van der Waals surface area contributed by atoms with E-state index in [4.69, 9.17) is 9.47 Å². The van der Waals surface area contributed by atoms with Crippen LogP contribution in [0.5, 0.6) is 0 Å². The average Bonchev–Trinajstić information content (AvgIpc) is 2.61. The zero-order valence-electron chi connectivity index (χ0n) is 14.4. The highest BCUT2D eigenvalue weighted by atomic mass is 32.2. The van der Waals surface area contributed by atoms with Crippen LogP contribution < -0.4 is 5.32 Å². The van der Waals surface area contributed by atoms with Crippen molar-refractivity contribution in [1.29, 1.82) is 0 Å². The first-order valence-electron chi connectivity index (χ1n) is 8.57. The summed E-state index contributed by atoms with van der Waals surface area (Å²) in [5, 5.41) is 2.98. The molecule has 1 amide bonds. The van der Waals surface area contributed by atoms with Gasteiger partial charge in [0.15, 0.2) is 0 Å². The maximum atomic E-state index is 12.2. The molecule has 0 saturated carbocycles. The number of carbonyl (C=O) groups excluding carboxylic acids is 1. The Morgan fingerprint density at radius 3 is 2.50 bits per heavy atom. The van der Waals surface area contributed by atoms with Gasteiger partial charge in [0, 0.05) is 52.3 Å². The Hall–Kier alpha value is -0.740. The highest BCUT2D eigenvalue weighted by molar-refractivity contribution is 7.89. The van der Waals surface area contributed by atoms with Crippen LogP contribution in [-0.2, 0) is 24.3 Å². The summed E-state index contributed by atoms with van der Waals surface area (Å²) in [7, 11) is -1.78. The normalized spacial score (nSPS) is 21.7. The second kappa shape index (κ2) is 9.67. The van der Waals surface area contributed by atoms with Crippen molar-refractivity contribution in [3.8, 4) is 0 Å². The third-order valence-electron chi connectivity index (χ3n) is 4.59. The Bertz CT molecular complexity index is 485. The number of sulfonamides is 1. The van der Waals surface area contributed by atoms with Crippen LogP contribution in [0.3, 0.4) is 0 Å². The number of morpholine rings is 1. The summed E-state index contributed by atoms with van der Waals surface area (Å²) in [5.74, 6) is -0.0549. The number of piperidine rings is 1. The highest BCUT2D eigenvalue weighted by Crippen LogP contribution is 2.20. The van der Waals surface area contributed by atoms with Crippen molar-refractivity contribution in [1.82, 2.24) is 14.5 Å². The van der Waals surface area contributed by atoms with Gasteiger partial charge in [-0.05, 0) is 12.8 Å². The lowest BCUT2D eigenvalue weighted by Gasteiger charge is -2.31. The van der Waals surface area contributed by atoms with Gasteiger partial charge in [0.05, 0.1) is 25.6 Å². The molecule has 2 saturated heterocycles. The Balaban J connectivity index is 1.66. The summed E-state index contributed by atoms with van der Waals surface area (Å²) < 4.78 is 35.8. The van der Waals surface area contributed by atoms with E-state index >= 15 is 0 Å². The first-order valence-corrected chi connectivity index (χ1v) is 10.2. The Morgan fingerprint density at radius 1 is 1.21 bits per heavy atom. The van der Waals surface area contributed by atoms with E-state index in [1.54, 1.807) is 0 Å². The highest BCUT2D eigenvalue weighted by Gasteiger charge is 2.30. The molecular formula is C15H29N3O5S. The van der Waals surface area contributed by atoms with Gasteiger partial charge in [-0.15, -0.1) is 0 Å². The summed E-state index contributed by atoms with van der Waals surface area (Å²) >= 11 is 0. The van der Waals surface area contributed by atoms with E-state index in [9.17, 15) is 13.2 Å². The maximum absolute atomic E-state index is 12.2. The average molecular weight is 363 g/mol. The Labute approximate surface area is 144 Å². The van der Waals surface area contributed by atoms with Gasteiger partial charge in [-0.2, -0.15) is 0 Å². The lowest BCUT2D eigenvalue weighted by atomic mass is 9.97. The van der Waals surface area contributed by atoms with Gasteiger partial charge in [0.1, 0.15) is 0 Å². The number of nitrogens with one attached hydrogen (secondary N) is 1. The van der Waals surface area contributed by atoms with Crippen molar-refractivity contribution >= 4 is 15.9 Å². The van der Waals surface area contributed by atoms with Crippen LogP contribution in [0.1, 0.15) is 12.8 Å². The van der Waals surface area contributed by atoms with Crippen LogP contribution in [0, 0.1) is 5.92 Å². The summed E-state index contributed by atoms with van der Waals surface area (Å²) in [6.07, 6.45) is 1.16. The lowest BCUT2D eigenvalue weighted by Crippen LogP contribution is -2.46. The number of methoxy groups -OCH3 is 1.